The molecule has 0 unspecified atom stereocenters. The summed E-state index contributed by atoms with van der Waals surface area (Å²) < 4.78 is 47.8. The molecule has 30 heavy (non-hydrogen) atoms. The van der Waals surface area contributed by atoms with Crippen LogP contribution in [0, 0.1) is 6.92 Å². The molecule has 1 aromatic heterocycles. The van der Waals surface area contributed by atoms with Gasteiger partial charge in [0.2, 0.25) is 4.80 Å². The van der Waals surface area contributed by atoms with E-state index >= 15 is 0 Å². The van der Waals surface area contributed by atoms with Crippen molar-refractivity contribution in [3.63, 3.8) is 0 Å². The van der Waals surface area contributed by atoms with Crippen molar-refractivity contribution in [1.82, 2.24) is 4.57 Å². The first kappa shape index (κ1) is 21.8. The molecule has 1 heterocycles. The van der Waals surface area contributed by atoms with Crippen LogP contribution in [0.5, 0.6) is 11.5 Å². The van der Waals surface area contributed by atoms with Crippen LogP contribution in [-0.4, -0.2) is 39.8 Å². The van der Waals surface area contributed by atoms with Crippen LogP contribution in [-0.2, 0) is 26.1 Å². The molecule has 0 fully saturated rings. The van der Waals surface area contributed by atoms with Crippen LogP contribution in [0.4, 0.5) is 0 Å². The molecule has 8 nitrogen and oxygen atoms in total. The van der Waals surface area contributed by atoms with Crippen molar-refractivity contribution in [3.05, 3.63) is 46.8 Å². The van der Waals surface area contributed by atoms with E-state index in [0.717, 1.165) is 16.9 Å². The van der Waals surface area contributed by atoms with Crippen molar-refractivity contribution in [2.24, 2.45) is 4.40 Å². The maximum absolute atomic E-state index is 12.9. The van der Waals surface area contributed by atoms with Gasteiger partial charge in [-0.3, -0.25) is 4.79 Å². The summed E-state index contributed by atoms with van der Waals surface area (Å²) in [7, 11) is -1.00. The summed E-state index contributed by atoms with van der Waals surface area (Å²) in [4.78, 5) is 12.4. The van der Waals surface area contributed by atoms with Crippen molar-refractivity contribution in [2.45, 2.75) is 25.3 Å². The Balaban J connectivity index is 2.30. The number of aromatic nitrogens is 1. The van der Waals surface area contributed by atoms with Gasteiger partial charge in [0.15, 0.2) is 0 Å². The molecule has 0 aliphatic carbocycles. The zero-order valence-electron chi connectivity index (χ0n) is 17.0. The molecule has 0 aliphatic heterocycles. The van der Waals surface area contributed by atoms with Gasteiger partial charge in [0.05, 0.1) is 25.7 Å². The number of hydrogen-bond donors (Lipinski definition) is 0. The fourth-order valence-electron chi connectivity index (χ4n) is 2.87. The molecule has 0 spiro atoms. The van der Waals surface area contributed by atoms with Crippen LogP contribution >= 0.6 is 11.3 Å². The molecule has 0 radical (unpaired) electrons. The summed E-state index contributed by atoms with van der Waals surface area (Å²) in [6.07, 6.45) is 0. The summed E-state index contributed by atoms with van der Waals surface area (Å²) in [5.74, 6) is 0.458. The third-order valence-corrected chi connectivity index (χ3v) is 6.79. The highest BCUT2D eigenvalue weighted by molar-refractivity contribution is 7.90. The Bertz CT molecular complexity index is 1240. The molecule has 160 valence electrons. The number of methoxy groups -OCH3 is 2. The van der Waals surface area contributed by atoms with Gasteiger partial charge in [-0.15, -0.1) is 4.40 Å². The number of carbonyl (C=O) groups excluding carboxylic acids is 1. The third kappa shape index (κ3) is 4.34. The second kappa shape index (κ2) is 8.88. The quantitative estimate of drug-likeness (QED) is 0.514. The molecule has 0 saturated heterocycles. The molecular weight excluding hydrogens is 428 g/mol. The number of rotatable bonds is 7. The lowest BCUT2D eigenvalue weighted by atomic mass is 10.2. The van der Waals surface area contributed by atoms with E-state index in [9.17, 15) is 13.2 Å². The summed E-state index contributed by atoms with van der Waals surface area (Å²) in [6, 6.07) is 9.80. The minimum Gasteiger partial charge on any atom is -0.495 e. The van der Waals surface area contributed by atoms with Gasteiger partial charge in [-0.1, -0.05) is 29.0 Å². The van der Waals surface area contributed by atoms with Gasteiger partial charge < -0.3 is 18.8 Å². The molecule has 3 rings (SSSR count). The van der Waals surface area contributed by atoms with Crippen LogP contribution in [0.15, 0.2) is 45.7 Å². The monoisotopic (exact) mass is 450 g/mol. The Hall–Kier alpha value is -2.85. The molecule has 0 atom stereocenters. The molecule has 0 N–H and O–H groups in total. The van der Waals surface area contributed by atoms with Crippen LogP contribution in [0.3, 0.4) is 0 Å². The highest BCUT2D eigenvalue weighted by Crippen LogP contribution is 2.35. The summed E-state index contributed by atoms with van der Waals surface area (Å²) in [5.41, 5.74) is 1.44. The predicted molar refractivity (Wildman–Crippen MR) is 113 cm³/mol. The molecule has 2 aromatic carbocycles. The smallest absolute Gasteiger partial charge is 0.326 e. The van der Waals surface area contributed by atoms with Gasteiger partial charge in [-0.25, -0.2) is 0 Å². The lowest BCUT2D eigenvalue weighted by Crippen LogP contribution is -2.23. The predicted octanol–water partition coefficient (Wildman–Crippen LogP) is 2.88. The van der Waals surface area contributed by atoms with Crippen molar-refractivity contribution in [2.75, 3.05) is 20.8 Å². The number of thiazole rings is 1. The first-order valence-electron chi connectivity index (χ1n) is 9.08. The number of sulfonamides is 1. The normalized spacial score (nSPS) is 12.2. The van der Waals surface area contributed by atoms with Crippen molar-refractivity contribution >= 4 is 37.5 Å². The molecular formula is C20H22N2O6S2. The lowest BCUT2D eigenvalue weighted by Gasteiger charge is -2.10. The zero-order valence-corrected chi connectivity index (χ0v) is 18.7. The minimum absolute atomic E-state index is 0.0622. The second-order valence-electron chi connectivity index (χ2n) is 6.30. The van der Waals surface area contributed by atoms with Crippen molar-refractivity contribution in [1.29, 1.82) is 0 Å². The minimum atomic E-state index is -4.01. The number of esters is 1. The van der Waals surface area contributed by atoms with E-state index in [1.807, 2.05) is 6.92 Å². The first-order chi connectivity index (χ1) is 14.3. The molecule has 0 amide bonds. The van der Waals surface area contributed by atoms with E-state index in [-0.39, 0.29) is 22.8 Å². The van der Waals surface area contributed by atoms with E-state index in [1.54, 1.807) is 31.2 Å². The number of aryl methyl sites for hydroxylation is 1. The van der Waals surface area contributed by atoms with E-state index in [4.69, 9.17) is 14.2 Å². The molecule has 3 aromatic rings. The number of ether oxygens (including phenoxy) is 3. The molecule has 0 aliphatic rings. The number of carbonyl (C=O) groups is 1. The molecule has 10 heteroatoms. The van der Waals surface area contributed by atoms with E-state index in [2.05, 4.69) is 4.40 Å². The SMILES string of the molecule is CCOC(=O)Cn1/c(=N/S(=O)(=O)c2ccc(C)cc2)sc2c(OC)ccc(OC)c21. The Morgan fingerprint density at radius 3 is 2.30 bits per heavy atom. The van der Waals surface area contributed by atoms with Gasteiger partial charge in [0.1, 0.15) is 28.3 Å². The highest BCUT2D eigenvalue weighted by Gasteiger charge is 2.20. The topological polar surface area (TPSA) is 96.2 Å². The Morgan fingerprint density at radius 1 is 1.07 bits per heavy atom. The second-order valence-corrected chi connectivity index (χ2v) is 8.88. The van der Waals surface area contributed by atoms with E-state index < -0.39 is 16.0 Å². The largest absolute Gasteiger partial charge is 0.495 e. The van der Waals surface area contributed by atoms with Crippen LogP contribution < -0.4 is 14.3 Å². The maximum Gasteiger partial charge on any atom is 0.326 e. The van der Waals surface area contributed by atoms with Gasteiger partial charge >= 0.3 is 5.97 Å². The van der Waals surface area contributed by atoms with Crippen molar-refractivity contribution < 1.29 is 27.4 Å². The fourth-order valence-corrected chi connectivity index (χ4v) is 5.21. The molecule has 0 saturated carbocycles. The average molecular weight is 451 g/mol. The molecule has 0 bridgehead atoms. The van der Waals surface area contributed by atoms with Crippen LogP contribution in [0.25, 0.3) is 10.2 Å². The number of nitrogens with zero attached hydrogens (tertiary/aromatic N) is 2. The fraction of sp³-hybridized carbons (Fsp3) is 0.300. The highest BCUT2D eigenvalue weighted by atomic mass is 32.2. The van der Waals surface area contributed by atoms with Gasteiger partial charge in [0, 0.05) is 0 Å². The number of benzene rings is 2. The van der Waals surface area contributed by atoms with E-state index in [0.29, 0.717) is 21.7 Å². The maximum atomic E-state index is 12.9. The summed E-state index contributed by atoms with van der Waals surface area (Å²) in [6.45, 7) is 3.55. The first-order valence-corrected chi connectivity index (χ1v) is 11.3. The van der Waals surface area contributed by atoms with Crippen LogP contribution in [0.2, 0.25) is 0 Å². The zero-order chi connectivity index (χ0) is 21.9. The average Bonchev–Trinajstić information content (AvgIpc) is 3.05. The van der Waals surface area contributed by atoms with Gasteiger partial charge in [-0.05, 0) is 38.1 Å². The third-order valence-electron chi connectivity index (χ3n) is 4.30. The summed E-state index contributed by atoms with van der Waals surface area (Å²) in [5, 5.41) is 0. The summed E-state index contributed by atoms with van der Waals surface area (Å²) >= 11 is 1.09. The Morgan fingerprint density at radius 2 is 1.70 bits per heavy atom. The Kier molecular flexibility index (Phi) is 6.47. The van der Waals surface area contributed by atoms with Crippen molar-refractivity contribution in [3.8, 4) is 11.5 Å². The number of hydrogen-bond acceptors (Lipinski definition) is 7. The number of fused-ring (bicyclic) bond motifs is 1. The van der Waals surface area contributed by atoms with Crippen LogP contribution in [0.1, 0.15) is 12.5 Å². The van der Waals surface area contributed by atoms with E-state index in [1.165, 1.54) is 30.9 Å². The lowest BCUT2D eigenvalue weighted by molar-refractivity contribution is -0.143. The van der Waals surface area contributed by atoms with Gasteiger partial charge in [-0.2, -0.15) is 8.42 Å². The van der Waals surface area contributed by atoms with Gasteiger partial charge in [0.25, 0.3) is 10.0 Å². The standard InChI is InChI=1S/C20H22N2O6S2/c1-5-28-17(23)12-22-18-15(26-3)10-11-16(27-4)19(18)29-20(22)21-30(24,25)14-8-6-13(2)7-9-14/h6-11H,5,12H2,1-4H3/b21-20-. The Labute approximate surface area is 178 Å².